The monoisotopic (exact) mass is 212 g/mol. The van der Waals surface area contributed by atoms with Crippen LogP contribution in [0, 0.1) is 6.92 Å². The van der Waals surface area contributed by atoms with Gasteiger partial charge in [0.15, 0.2) is 8.32 Å². The summed E-state index contributed by atoms with van der Waals surface area (Å²) in [6.07, 6.45) is 4.84. The van der Waals surface area contributed by atoms with Gasteiger partial charge in [0, 0.05) is 25.0 Å². The molecule has 0 saturated heterocycles. The molecule has 0 bridgehead atoms. The molecule has 1 rings (SSSR count). The molecular formula is C10H20N2OSi. The molecule has 0 N–H and O–H groups in total. The first-order chi connectivity index (χ1) is 6.49. The fraction of sp³-hybridized carbons (Fsp3) is 0.700. The van der Waals surface area contributed by atoms with Crippen LogP contribution in [0.3, 0.4) is 0 Å². The Balaban J connectivity index is 2.20. The van der Waals surface area contributed by atoms with Gasteiger partial charge in [-0.15, -0.1) is 0 Å². The van der Waals surface area contributed by atoms with Crippen molar-refractivity contribution < 1.29 is 4.43 Å². The highest BCUT2D eigenvalue weighted by Crippen LogP contribution is 2.04. The number of aryl methyl sites for hydroxylation is 2. The van der Waals surface area contributed by atoms with Crippen molar-refractivity contribution in [3.05, 3.63) is 18.2 Å². The topological polar surface area (TPSA) is 27.1 Å². The van der Waals surface area contributed by atoms with E-state index in [1.807, 2.05) is 12.5 Å². The first kappa shape index (κ1) is 11.5. The maximum atomic E-state index is 5.77. The second kappa shape index (κ2) is 4.75. The van der Waals surface area contributed by atoms with E-state index in [4.69, 9.17) is 4.43 Å². The molecule has 4 heteroatoms. The van der Waals surface area contributed by atoms with E-state index in [1.165, 1.54) is 5.69 Å². The summed E-state index contributed by atoms with van der Waals surface area (Å²) in [6, 6.07) is 0. The zero-order valence-corrected chi connectivity index (χ0v) is 10.6. The average Bonchev–Trinajstić information content (AvgIpc) is 2.44. The van der Waals surface area contributed by atoms with Gasteiger partial charge in [-0.05, 0) is 33.0 Å². The molecule has 0 unspecified atom stereocenters. The van der Waals surface area contributed by atoms with E-state index in [2.05, 4.69) is 36.1 Å². The average molecular weight is 212 g/mol. The maximum Gasteiger partial charge on any atom is 0.183 e. The Kier molecular flexibility index (Phi) is 3.89. The molecule has 3 nitrogen and oxygen atoms in total. The molecule has 0 aliphatic heterocycles. The Morgan fingerprint density at radius 3 is 2.64 bits per heavy atom. The highest BCUT2D eigenvalue weighted by atomic mass is 28.4. The van der Waals surface area contributed by atoms with Crippen LogP contribution in [0.5, 0.6) is 0 Å². The molecule has 0 radical (unpaired) electrons. The summed E-state index contributed by atoms with van der Waals surface area (Å²) in [5.74, 6) is 0. The lowest BCUT2D eigenvalue weighted by atomic mass is 10.4. The normalized spacial score (nSPS) is 12.0. The van der Waals surface area contributed by atoms with Gasteiger partial charge < -0.3 is 8.99 Å². The highest BCUT2D eigenvalue weighted by molar-refractivity contribution is 6.69. The van der Waals surface area contributed by atoms with Crippen molar-refractivity contribution in [1.82, 2.24) is 9.55 Å². The molecule has 80 valence electrons. The molecule has 1 aromatic rings. The Hall–Kier alpha value is -0.613. The third-order valence-electron chi connectivity index (χ3n) is 2.00. The fourth-order valence-corrected chi connectivity index (χ4v) is 1.99. The lowest BCUT2D eigenvalue weighted by Crippen LogP contribution is -2.26. The molecule has 0 aliphatic rings. The summed E-state index contributed by atoms with van der Waals surface area (Å²) in [7, 11) is -1.32. The molecule has 0 spiro atoms. The molecule has 0 aromatic carbocycles. The predicted molar refractivity (Wildman–Crippen MR) is 60.9 cm³/mol. The summed E-state index contributed by atoms with van der Waals surface area (Å²) < 4.78 is 7.93. The number of aromatic nitrogens is 2. The van der Waals surface area contributed by atoms with Gasteiger partial charge in [-0.1, -0.05) is 0 Å². The standard InChI is InChI=1S/C10H20N2OSi/c1-10-8-11-9-12(10)6-5-7-13-14(2,3)4/h8-9H,5-7H2,1-4H3. The summed E-state index contributed by atoms with van der Waals surface area (Å²) in [4.78, 5) is 4.08. The summed E-state index contributed by atoms with van der Waals surface area (Å²) in [5.41, 5.74) is 1.22. The van der Waals surface area contributed by atoms with Crippen LogP contribution in [0.25, 0.3) is 0 Å². The molecule has 0 atom stereocenters. The van der Waals surface area contributed by atoms with Crippen LogP contribution >= 0.6 is 0 Å². The number of hydrogen-bond acceptors (Lipinski definition) is 2. The van der Waals surface area contributed by atoms with Gasteiger partial charge in [-0.2, -0.15) is 0 Å². The van der Waals surface area contributed by atoms with Crippen LogP contribution < -0.4 is 0 Å². The molecule has 1 aromatic heterocycles. The minimum atomic E-state index is -1.32. The van der Waals surface area contributed by atoms with Crippen LogP contribution in [0.1, 0.15) is 12.1 Å². The van der Waals surface area contributed by atoms with Crippen molar-refractivity contribution in [2.24, 2.45) is 0 Å². The lowest BCUT2D eigenvalue weighted by molar-refractivity contribution is 0.295. The Labute approximate surface area is 87.2 Å². The van der Waals surface area contributed by atoms with E-state index < -0.39 is 8.32 Å². The zero-order chi connectivity index (χ0) is 10.6. The van der Waals surface area contributed by atoms with Crippen molar-refractivity contribution in [3.8, 4) is 0 Å². The number of hydrogen-bond donors (Lipinski definition) is 0. The first-order valence-corrected chi connectivity index (χ1v) is 8.50. The number of imidazole rings is 1. The molecule has 0 fully saturated rings. The van der Waals surface area contributed by atoms with E-state index in [9.17, 15) is 0 Å². The molecule has 14 heavy (non-hydrogen) atoms. The predicted octanol–water partition coefficient (Wildman–Crippen LogP) is 2.43. The molecule has 1 heterocycles. The van der Waals surface area contributed by atoms with Crippen molar-refractivity contribution in [2.45, 2.75) is 39.5 Å². The third kappa shape index (κ3) is 4.06. The fourth-order valence-electron chi connectivity index (χ4n) is 1.23. The van der Waals surface area contributed by atoms with Gasteiger partial charge in [0.2, 0.25) is 0 Å². The number of rotatable bonds is 5. The Morgan fingerprint density at radius 1 is 1.43 bits per heavy atom. The van der Waals surface area contributed by atoms with E-state index in [-0.39, 0.29) is 0 Å². The minimum absolute atomic E-state index is 0.868. The van der Waals surface area contributed by atoms with Gasteiger partial charge in [0.1, 0.15) is 0 Å². The summed E-state index contributed by atoms with van der Waals surface area (Å²) in [5, 5.41) is 0. The summed E-state index contributed by atoms with van der Waals surface area (Å²) >= 11 is 0. The smallest absolute Gasteiger partial charge is 0.183 e. The highest BCUT2D eigenvalue weighted by Gasteiger charge is 2.13. The van der Waals surface area contributed by atoms with Crippen LogP contribution in [0.4, 0.5) is 0 Å². The first-order valence-electron chi connectivity index (χ1n) is 5.10. The molecule has 0 aliphatic carbocycles. The second-order valence-electron chi connectivity index (χ2n) is 4.54. The van der Waals surface area contributed by atoms with E-state index in [0.29, 0.717) is 0 Å². The van der Waals surface area contributed by atoms with Crippen molar-refractivity contribution in [1.29, 1.82) is 0 Å². The second-order valence-corrected chi connectivity index (χ2v) is 9.06. The van der Waals surface area contributed by atoms with E-state index >= 15 is 0 Å². The largest absolute Gasteiger partial charge is 0.418 e. The van der Waals surface area contributed by atoms with Gasteiger partial charge in [-0.25, -0.2) is 4.98 Å². The van der Waals surface area contributed by atoms with Crippen molar-refractivity contribution in [2.75, 3.05) is 6.61 Å². The van der Waals surface area contributed by atoms with Gasteiger partial charge >= 0.3 is 0 Å². The van der Waals surface area contributed by atoms with Crippen LogP contribution in [-0.2, 0) is 11.0 Å². The van der Waals surface area contributed by atoms with E-state index in [0.717, 1.165) is 19.6 Å². The van der Waals surface area contributed by atoms with E-state index in [1.54, 1.807) is 0 Å². The van der Waals surface area contributed by atoms with Crippen LogP contribution in [0.15, 0.2) is 12.5 Å². The quantitative estimate of drug-likeness (QED) is 0.554. The lowest BCUT2D eigenvalue weighted by Gasteiger charge is -2.17. The van der Waals surface area contributed by atoms with Crippen molar-refractivity contribution >= 4 is 8.32 Å². The molecule has 0 amide bonds. The Bertz CT molecular complexity index is 278. The molecule has 0 saturated carbocycles. The van der Waals surface area contributed by atoms with Gasteiger partial charge in [-0.3, -0.25) is 0 Å². The number of nitrogens with zero attached hydrogens (tertiary/aromatic N) is 2. The summed E-state index contributed by atoms with van der Waals surface area (Å²) in [6.45, 7) is 10.6. The molecular weight excluding hydrogens is 192 g/mol. The van der Waals surface area contributed by atoms with Gasteiger partial charge in [0.05, 0.1) is 6.33 Å². The zero-order valence-electron chi connectivity index (χ0n) is 9.58. The van der Waals surface area contributed by atoms with Crippen LogP contribution in [0.2, 0.25) is 19.6 Å². The SMILES string of the molecule is Cc1cncn1CCCO[Si](C)(C)C. The van der Waals surface area contributed by atoms with Crippen LogP contribution in [-0.4, -0.2) is 24.5 Å². The minimum Gasteiger partial charge on any atom is -0.418 e. The third-order valence-corrected chi connectivity index (χ3v) is 3.07. The van der Waals surface area contributed by atoms with Crippen molar-refractivity contribution in [3.63, 3.8) is 0 Å². The maximum absolute atomic E-state index is 5.77. The van der Waals surface area contributed by atoms with Gasteiger partial charge in [0.25, 0.3) is 0 Å². The Morgan fingerprint density at radius 2 is 2.14 bits per heavy atom.